The number of carboxylic acid groups (broad SMARTS) is 1. The van der Waals surface area contributed by atoms with Gasteiger partial charge in [0.25, 0.3) is 0 Å². The summed E-state index contributed by atoms with van der Waals surface area (Å²) in [4.78, 5) is 11.0. The Kier molecular flexibility index (Phi) is 6.67. The van der Waals surface area contributed by atoms with Crippen LogP contribution in [0.4, 0.5) is 13.2 Å². The molecule has 124 valence electrons. The maximum atomic E-state index is 12.1. The molecule has 1 rings (SSSR count). The number of carbonyl (C=O) groups is 1. The molecule has 0 spiro atoms. The molecule has 0 saturated carbocycles. The lowest BCUT2D eigenvalue weighted by Gasteiger charge is -2.19. The maximum Gasteiger partial charge on any atom is 0.573 e. The maximum absolute atomic E-state index is 12.1. The molecule has 2 atom stereocenters. The smallest absolute Gasteiger partial charge is 0.481 e. The van der Waals surface area contributed by atoms with Gasteiger partial charge in [0, 0.05) is 6.54 Å². The van der Waals surface area contributed by atoms with Gasteiger partial charge in [-0.25, -0.2) is 0 Å². The highest BCUT2D eigenvalue weighted by atomic mass is 19.4. The number of halogens is 3. The van der Waals surface area contributed by atoms with Gasteiger partial charge in [0.2, 0.25) is 0 Å². The minimum Gasteiger partial charge on any atom is -0.481 e. The molecule has 0 saturated heterocycles. The zero-order valence-electron chi connectivity index (χ0n) is 12.3. The number of hydrogen-bond donors (Lipinski definition) is 2. The van der Waals surface area contributed by atoms with Gasteiger partial charge in [-0.3, -0.25) is 4.79 Å². The molecule has 0 heterocycles. The summed E-state index contributed by atoms with van der Waals surface area (Å²) in [5.74, 6) is -1.68. The molecule has 0 amide bonds. The average Bonchev–Trinajstić information content (AvgIpc) is 2.43. The van der Waals surface area contributed by atoms with Gasteiger partial charge in [-0.1, -0.05) is 25.5 Å². The van der Waals surface area contributed by atoms with Crippen molar-refractivity contribution in [3.63, 3.8) is 0 Å². The summed E-state index contributed by atoms with van der Waals surface area (Å²) in [7, 11) is 0. The zero-order valence-corrected chi connectivity index (χ0v) is 12.3. The molecule has 22 heavy (non-hydrogen) atoms. The Labute approximate surface area is 127 Å². The number of hydrogen-bond acceptors (Lipinski definition) is 3. The number of benzene rings is 1. The highest BCUT2D eigenvalue weighted by molar-refractivity contribution is 5.70. The number of rotatable bonds is 8. The minimum atomic E-state index is -4.71. The highest BCUT2D eigenvalue weighted by Gasteiger charge is 2.31. The molecule has 0 aromatic heterocycles. The van der Waals surface area contributed by atoms with E-state index in [0.29, 0.717) is 12.8 Å². The molecular formula is C15H20F3NO3. The van der Waals surface area contributed by atoms with Gasteiger partial charge >= 0.3 is 12.3 Å². The number of aliphatic carboxylic acids is 1. The summed E-state index contributed by atoms with van der Waals surface area (Å²) in [5.41, 5.74) is 6.28. The highest BCUT2D eigenvalue weighted by Crippen LogP contribution is 2.25. The molecular weight excluding hydrogens is 299 g/mol. The Balaban J connectivity index is 2.65. The van der Waals surface area contributed by atoms with Crippen LogP contribution in [0.1, 0.15) is 25.3 Å². The van der Waals surface area contributed by atoms with Crippen LogP contribution in [0.3, 0.4) is 0 Å². The standard InChI is InChI=1S/C15H20F3NO3/c1-2-10(8-12(9-19)14(20)21)7-11-3-5-13(6-4-11)22-15(16,17)18/h3-6,10,12H,2,7-9,19H2,1H3,(H,20,21). The third-order valence-corrected chi connectivity index (χ3v) is 3.51. The molecule has 0 aliphatic carbocycles. The summed E-state index contributed by atoms with van der Waals surface area (Å²) in [6, 6.07) is 5.63. The topological polar surface area (TPSA) is 72.5 Å². The van der Waals surface area contributed by atoms with Gasteiger partial charge in [-0.05, 0) is 36.5 Å². The first-order valence-electron chi connectivity index (χ1n) is 7.02. The lowest BCUT2D eigenvalue weighted by Crippen LogP contribution is -2.26. The summed E-state index contributed by atoms with van der Waals surface area (Å²) in [6.07, 6.45) is -2.90. The quantitative estimate of drug-likeness (QED) is 0.772. The van der Waals surface area contributed by atoms with Crippen molar-refractivity contribution in [3.05, 3.63) is 29.8 Å². The van der Waals surface area contributed by atoms with E-state index in [1.54, 1.807) is 12.1 Å². The molecule has 0 bridgehead atoms. The van der Waals surface area contributed by atoms with E-state index in [4.69, 9.17) is 10.8 Å². The van der Waals surface area contributed by atoms with Crippen LogP contribution in [0.2, 0.25) is 0 Å². The Morgan fingerprint density at radius 1 is 1.32 bits per heavy atom. The number of nitrogens with two attached hydrogens (primary N) is 1. The van der Waals surface area contributed by atoms with Crippen LogP contribution in [0.15, 0.2) is 24.3 Å². The van der Waals surface area contributed by atoms with Gasteiger partial charge in [0.05, 0.1) is 5.92 Å². The van der Waals surface area contributed by atoms with Gasteiger partial charge in [-0.2, -0.15) is 0 Å². The molecule has 7 heteroatoms. The molecule has 2 unspecified atom stereocenters. The Hall–Kier alpha value is -1.76. The predicted octanol–water partition coefficient (Wildman–Crippen LogP) is 3.20. The zero-order chi connectivity index (χ0) is 16.8. The van der Waals surface area contributed by atoms with Gasteiger partial charge in [0.15, 0.2) is 0 Å². The number of alkyl halides is 3. The monoisotopic (exact) mass is 319 g/mol. The lowest BCUT2D eigenvalue weighted by atomic mass is 9.87. The summed E-state index contributed by atoms with van der Waals surface area (Å²) >= 11 is 0. The second-order valence-corrected chi connectivity index (χ2v) is 5.18. The van der Waals surface area contributed by atoms with Crippen LogP contribution in [-0.2, 0) is 11.2 Å². The van der Waals surface area contributed by atoms with E-state index >= 15 is 0 Å². The number of carboxylic acids is 1. The molecule has 4 nitrogen and oxygen atoms in total. The first kappa shape index (κ1) is 18.3. The van der Waals surface area contributed by atoms with Crippen molar-refractivity contribution in [3.8, 4) is 5.75 Å². The van der Waals surface area contributed by atoms with Crippen LogP contribution in [0.5, 0.6) is 5.75 Å². The Morgan fingerprint density at radius 2 is 1.91 bits per heavy atom. The van der Waals surface area contributed by atoms with Gasteiger partial charge < -0.3 is 15.6 Å². The average molecular weight is 319 g/mol. The second kappa shape index (κ2) is 8.03. The van der Waals surface area contributed by atoms with Crippen molar-refractivity contribution in [2.75, 3.05) is 6.54 Å². The molecule has 1 aromatic carbocycles. The van der Waals surface area contributed by atoms with E-state index < -0.39 is 18.2 Å². The first-order valence-corrected chi connectivity index (χ1v) is 7.02. The SMILES string of the molecule is CCC(Cc1ccc(OC(F)(F)F)cc1)CC(CN)C(=O)O. The van der Waals surface area contributed by atoms with Crippen molar-refractivity contribution >= 4 is 5.97 Å². The Morgan fingerprint density at radius 3 is 2.32 bits per heavy atom. The van der Waals surface area contributed by atoms with Crippen LogP contribution < -0.4 is 10.5 Å². The van der Waals surface area contributed by atoms with E-state index in [-0.39, 0.29) is 18.2 Å². The van der Waals surface area contributed by atoms with E-state index in [1.807, 2.05) is 6.92 Å². The van der Waals surface area contributed by atoms with Gasteiger partial charge in [-0.15, -0.1) is 13.2 Å². The molecule has 1 aromatic rings. The number of ether oxygens (including phenoxy) is 1. The molecule has 0 fully saturated rings. The van der Waals surface area contributed by atoms with Crippen molar-refractivity contribution < 1.29 is 27.8 Å². The summed E-state index contributed by atoms with van der Waals surface area (Å²) in [5, 5.41) is 9.03. The van der Waals surface area contributed by atoms with E-state index in [9.17, 15) is 18.0 Å². The first-order chi connectivity index (χ1) is 10.2. The van der Waals surface area contributed by atoms with Crippen LogP contribution >= 0.6 is 0 Å². The largest absolute Gasteiger partial charge is 0.573 e. The molecule has 0 aliphatic heterocycles. The lowest BCUT2D eigenvalue weighted by molar-refractivity contribution is -0.274. The van der Waals surface area contributed by atoms with E-state index in [2.05, 4.69) is 4.74 Å². The summed E-state index contributed by atoms with van der Waals surface area (Å²) < 4.78 is 40.0. The van der Waals surface area contributed by atoms with Crippen LogP contribution in [0, 0.1) is 11.8 Å². The second-order valence-electron chi connectivity index (χ2n) is 5.18. The molecule has 0 aliphatic rings. The minimum absolute atomic E-state index is 0.0736. The van der Waals surface area contributed by atoms with E-state index in [0.717, 1.165) is 12.0 Å². The summed E-state index contributed by atoms with van der Waals surface area (Å²) in [6.45, 7) is 2.02. The fourth-order valence-electron chi connectivity index (χ4n) is 2.26. The predicted molar refractivity (Wildman–Crippen MR) is 75.4 cm³/mol. The van der Waals surface area contributed by atoms with Crippen molar-refractivity contribution in [1.29, 1.82) is 0 Å². The van der Waals surface area contributed by atoms with E-state index in [1.165, 1.54) is 12.1 Å². The van der Waals surface area contributed by atoms with Gasteiger partial charge in [0.1, 0.15) is 5.75 Å². The Bertz CT molecular complexity index is 474. The molecule has 3 N–H and O–H groups in total. The van der Waals surface area contributed by atoms with Crippen LogP contribution in [0.25, 0.3) is 0 Å². The third kappa shape index (κ3) is 6.34. The normalized spacial score (nSPS) is 14.4. The molecule has 0 radical (unpaired) electrons. The van der Waals surface area contributed by atoms with Crippen molar-refractivity contribution in [1.82, 2.24) is 0 Å². The fraction of sp³-hybridized carbons (Fsp3) is 0.533. The van der Waals surface area contributed by atoms with Crippen LogP contribution in [-0.4, -0.2) is 24.0 Å². The van der Waals surface area contributed by atoms with Crippen molar-refractivity contribution in [2.24, 2.45) is 17.6 Å². The third-order valence-electron chi connectivity index (χ3n) is 3.51. The fourth-order valence-corrected chi connectivity index (χ4v) is 2.26. The van der Waals surface area contributed by atoms with Crippen molar-refractivity contribution in [2.45, 2.75) is 32.5 Å².